The summed E-state index contributed by atoms with van der Waals surface area (Å²) in [6.07, 6.45) is -2.40. The van der Waals surface area contributed by atoms with Crippen LogP contribution < -0.4 is 4.90 Å². The van der Waals surface area contributed by atoms with Crippen molar-refractivity contribution in [1.29, 1.82) is 0 Å². The summed E-state index contributed by atoms with van der Waals surface area (Å²) in [4.78, 5) is 36.6. The first-order chi connectivity index (χ1) is 22.1. The topological polar surface area (TPSA) is 114 Å². The zero-order valence-electron chi connectivity index (χ0n) is 25.6. The van der Waals surface area contributed by atoms with Crippen molar-refractivity contribution in [2.75, 3.05) is 11.4 Å². The fourth-order valence-corrected chi connectivity index (χ4v) is 6.23. The summed E-state index contributed by atoms with van der Waals surface area (Å²) in [5.74, 6) is -1.32. The summed E-state index contributed by atoms with van der Waals surface area (Å²) in [7, 11) is 1.73. The number of nitrogens with zero attached hydrogens (tertiary/aromatic N) is 6. The maximum Gasteiger partial charge on any atom is 0.416 e. The maximum atomic E-state index is 13.7. The van der Waals surface area contributed by atoms with E-state index >= 15 is 0 Å². The van der Waals surface area contributed by atoms with E-state index in [1.807, 2.05) is 6.92 Å². The van der Waals surface area contributed by atoms with Crippen LogP contribution in [0, 0.1) is 5.92 Å². The number of carboxylic acids is 1. The van der Waals surface area contributed by atoms with Gasteiger partial charge in [0.1, 0.15) is 6.10 Å². The summed E-state index contributed by atoms with van der Waals surface area (Å²) < 4.78 is 89.5. The lowest BCUT2D eigenvalue weighted by Crippen LogP contribution is -2.42. The molecule has 254 valence electrons. The Hall–Kier alpha value is -4.37. The van der Waals surface area contributed by atoms with Crippen molar-refractivity contribution in [2.24, 2.45) is 13.0 Å². The molecule has 5 rings (SSSR count). The Kier molecular flexibility index (Phi) is 9.68. The van der Waals surface area contributed by atoms with Gasteiger partial charge in [-0.05, 0) is 62.3 Å². The Morgan fingerprint density at radius 1 is 0.957 bits per heavy atom. The molecule has 3 aromatic rings. The molecule has 1 N–H and O–H groups in total. The highest BCUT2D eigenvalue weighted by Crippen LogP contribution is 2.38. The maximum absolute atomic E-state index is 13.7. The van der Waals surface area contributed by atoms with Gasteiger partial charge >= 0.3 is 24.4 Å². The number of carboxylic acid groups (broad SMARTS) is 1. The number of hydrogen-bond donors (Lipinski definition) is 1. The molecule has 2 fully saturated rings. The van der Waals surface area contributed by atoms with Crippen molar-refractivity contribution in [3.8, 4) is 11.1 Å². The Balaban J connectivity index is 1.44. The van der Waals surface area contributed by atoms with Crippen LogP contribution in [0.15, 0.2) is 43.0 Å². The van der Waals surface area contributed by atoms with E-state index in [2.05, 4.69) is 15.1 Å². The van der Waals surface area contributed by atoms with Gasteiger partial charge in [-0.15, -0.1) is 0 Å². The van der Waals surface area contributed by atoms with Crippen molar-refractivity contribution in [1.82, 2.24) is 24.6 Å². The number of aliphatic carboxylic acids is 1. The van der Waals surface area contributed by atoms with Crippen LogP contribution in [0.3, 0.4) is 0 Å². The molecule has 2 atom stereocenters. The standard InChI is InChI=1S/C31H34F6N6O4/c1-3-24-11-25(17-43(24)29(46)47-26-6-4-19(5-7-26)27(44)45)42(28-38-12-20(13-39-28)21-14-40-41(2)16-21)15-18-8-22(30(32,33)34)10-23(9-18)31(35,36)37/h8-10,12-14,16,19,24-26H,3-7,11,15,17H2,1-2H3,(H,44,45). The SMILES string of the molecule is CCC1CC(N(Cc2cc(C(F)(F)F)cc(C(F)(F)F)c2)c2ncc(-c3cnn(C)c3)cn2)CN1C(=O)OC1CCC(C(=O)O)CC1. The number of halogens is 6. The van der Waals surface area contributed by atoms with Crippen molar-refractivity contribution < 1.29 is 45.8 Å². The molecule has 2 aliphatic rings. The second-order valence-corrected chi connectivity index (χ2v) is 12.0. The molecule has 2 aromatic heterocycles. The highest BCUT2D eigenvalue weighted by Gasteiger charge is 2.41. The number of carbonyl (C=O) groups excluding carboxylic acids is 1. The molecule has 10 nitrogen and oxygen atoms in total. The summed E-state index contributed by atoms with van der Waals surface area (Å²) in [6, 6.07) is 0.517. The van der Waals surface area contributed by atoms with E-state index in [1.165, 1.54) is 22.2 Å². The van der Waals surface area contributed by atoms with Crippen molar-refractivity contribution in [3.05, 3.63) is 59.7 Å². The van der Waals surface area contributed by atoms with Gasteiger partial charge in [-0.2, -0.15) is 31.4 Å². The number of benzene rings is 1. The number of rotatable bonds is 8. The van der Waals surface area contributed by atoms with Crippen LogP contribution in [-0.4, -0.2) is 66.5 Å². The Labute approximate surface area is 266 Å². The lowest BCUT2D eigenvalue weighted by molar-refractivity contribution is -0.144. The third kappa shape index (κ3) is 7.96. The Morgan fingerprint density at radius 2 is 1.57 bits per heavy atom. The minimum absolute atomic E-state index is 0.0562. The number of aryl methyl sites for hydroxylation is 1. The molecule has 2 unspecified atom stereocenters. The van der Waals surface area contributed by atoms with Gasteiger partial charge in [0.15, 0.2) is 0 Å². The van der Waals surface area contributed by atoms with E-state index in [4.69, 9.17) is 4.74 Å². The van der Waals surface area contributed by atoms with Gasteiger partial charge in [0.05, 0.1) is 29.3 Å². The number of ether oxygens (including phenoxy) is 1. The molecule has 3 heterocycles. The van der Waals surface area contributed by atoms with Gasteiger partial charge < -0.3 is 19.6 Å². The van der Waals surface area contributed by atoms with E-state index in [-0.39, 0.29) is 30.2 Å². The Bertz CT molecular complexity index is 1540. The zero-order chi connectivity index (χ0) is 34.1. The third-order valence-electron chi connectivity index (χ3n) is 8.76. The molecule has 1 saturated carbocycles. The monoisotopic (exact) mass is 668 g/mol. The first-order valence-corrected chi connectivity index (χ1v) is 15.2. The van der Waals surface area contributed by atoms with E-state index in [1.54, 1.807) is 24.1 Å². The minimum atomic E-state index is -5.02. The average Bonchev–Trinajstić information content (AvgIpc) is 3.66. The largest absolute Gasteiger partial charge is 0.481 e. The van der Waals surface area contributed by atoms with Crippen LogP contribution in [0.25, 0.3) is 11.1 Å². The van der Waals surface area contributed by atoms with Gasteiger partial charge in [0, 0.05) is 55.9 Å². The van der Waals surface area contributed by atoms with Crippen molar-refractivity contribution in [2.45, 2.75) is 82.5 Å². The molecular formula is C31H34F6N6O4. The van der Waals surface area contributed by atoms with Crippen molar-refractivity contribution >= 4 is 18.0 Å². The predicted molar refractivity (Wildman–Crippen MR) is 156 cm³/mol. The Morgan fingerprint density at radius 3 is 2.09 bits per heavy atom. The van der Waals surface area contributed by atoms with Crippen LogP contribution in [-0.2, 0) is 35.5 Å². The zero-order valence-corrected chi connectivity index (χ0v) is 25.6. The fourth-order valence-electron chi connectivity index (χ4n) is 6.23. The summed E-state index contributed by atoms with van der Waals surface area (Å²) in [5, 5.41) is 13.4. The summed E-state index contributed by atoms with van der Waals surface area (Å²) in [6.45, 7) is 1.51. The van der Waals surface area contributed by atoms with E-state index < -0.39 is 60.2 Å². The number of anilines is 1. The van der Waals surface area contributed by atoms with Crippen LogP contribution in [0.5, 0.6) is 0 Å². The van der Waals surface area contributed by atoms with Gasteiger partial charge in [0.2, 0.25) is 5.95 Å². The number of hydrogen-bond acceptors (Lipinski definition) is 7. The molecule has 0 spiro atoms. The van der Waals surface area contributed by atoms with Gasteiger partial charge in [-0.3, -0.25) is 9.48 Å². The normalized spacial score (nSPS) is 21.9. The molecule has 0 radical (unpaired) electrons. The first-order valence-electron chi connectivity index (χ1n) is 15.2. The van der Waals surface area contributed by atoms with Crippen LogP contribution >= 0.6 is 0 Å². The van der Waals surface area contributed by atoms with E-state index in [0.717, 1.165) is 0 Å². The molecule has 16 heteroatoms. The predicted octanol–water partition coefficient (Wildman–Crippen LogP) is 6.55. The lowest BCUT2D eigenvalue weighted by Gasteiger charge is -2.31. The molecule has 47 heavy (non-hydrogen) atoms. The molecule has 1 aromatic carbocycles. The quantitative estimate of drug-likeness (QED) is 0.269. The number of amides is 1. The van der Waals surface area contributed by atoms with Crippen LogP contribution in [0.1, 0.15) is 62.1 Å². The molecule has 1 amide bonds. The third-order valence-corrected chi connectivity index (χ3v) is 8.76. The molecule has 1 saturated heterocycles. The summed E-state index contributed by atoms with van der Waals surface area (Å²) >= 11 is 0. The number of aromatic nitrogens is 4. The van der Waals surface area contributed by atoms with Gasteiger partial charge in [0.25, 0.3) is 0 Å². The van der Waals surface area contributed by atoms with Crippen molar-refractivity contribution in [3.63, 3.8) is 0 Å². The summed E-state index contributed by atoms with van der Waals surface area (Å²) in [5.41, 5.74) is -1.82. The highest BCUT2D eigenvalue weighted by molar-refractivity contribution is 5.70. The smallest absolute Gasteiger partial charge is 0.416 e. The molecular weight excluding hydrogens is 634 g/mol. The van der Waals surface area contributed by atoms with E-state index in [9.17, 15) is 41.0 Å². The average molecular weight is 669 g/mol. The number of carbonyl (C=O) groups is 2. The molecule has 0 bridgehead atoms. The second-order valence-electron chi connectivity index (χ2n) is 12.0. The van der Waals surface area contributed by atoms with E-state index in [0.29, 0.717) is 61.8 Å². The minimum Gasteiger partial charge on any atom is -0.481 e. The van der Waals surface area contributed by atoms with Crippen LogP contribution in [0.4, 0.5) is 37.1 Å². The first kappa shape index (κ1) is 34.0. The molecule has 1 aliphatic heterocycles. The van der Waals surface area contributed by atoms with Gasteiger partial charge in [-0.25, -0.2) is 14.8 Å². The second kappa shape index (κ2) is 13.4. The van der Waals surface area contributed by atoms with Crippen LogP contribution in [0.2, 0.25) is 0 Å². The lowest BCUT2D eigenvalue weighted by atomic mass is 9.87. The number of alkyl halides is 6. The van der Waals surface area contributed by atoms with Gasteiger partial charge in [-0.1, -0.05) is 6.92 Å². The fraction of sp³-hybridized carbons (Fsp3) is 0.516. The highest BCUT2D eigenvalue weighted by atomic mass is 19.4. The molecule has 1 aliphatic carbocycles. The number of likely N-dealkylation sites (tertiary alicyclic amines) is 1.